The average molecular weight is 847 g/mol. The minimum Gasteiger partial charge on any atom is -0.453 e. The molecule has 3 aliphatic heterocycles. The van der Waals surface area contributed by atoms with E-state index in [1.54, 1.807) is 6.20 Å². The van der Waals surface area contributed by atoms with E-state index < -0.39 is 24.6 Å². The number of aromatic nitrogens is 4. The molecular formula is C47H58N8O7. The Morgan fingerprint density at radius 2 is 1.58 bits per heavy atom. The van der Waals surface area contributed by atoms with Crippen molar-refractivity contribution in [2.24, 2.45) is 29.6 Å². The molecule has 13 atom stereocenters. The molecule has 3 amide bonds. The van der Waals surface area contributed by atoms with E-state index in [0.29, 0.717) is 42.1 Å². The third kappa shape index (κ3) is 8.09. The van der Waals surface area contributed by atoms with Gasteiger partial charge < -0.3 is 44.4 Å². The zero-order chi connectivity index (χ0) is 43.6. The van der Waals surface area contributed by atoms with Crippen molar-refractivity contribution >= 4 is 28.7 Å². The van der Waals surface area contributed by atoms with Crippen LogP contribution in [0.4, 0.5) is 4.79 Å². The van der Waals surface area contributed by atoms with Crippen LogP contribution in [0.1, 0.15) is 102 Å². The standard InChI is InChI=1S/C47H58N8O7/c1-23(2)39(52-46(58)60-6)44(56)54-36-18-31(36)19-37(54)43-49-22-35(51-43)30-12-11-28-16-27(8-10-29(28)17-30)9-13-33-21-48-42(50-33)38-20-34-26(5)41(34)55(38)45(57)40(53-47(59)61-7)32-14-24(3)62-25(4)15-32/h8,10-12,16-17,21-26,31-32,34,36-41,47,53,59H,14-15,18-20H2,1-7H3,(H,48,50)(H,49,51)(H,52,58)/t24-,25+,26-,31-,32?,34+,36-,37+,38+,39+,40?,41-,47?/m1/s1. The Labute approximate surface area is 362 Å². The molecule has 2 aromatic heterocycles. The highest BCUT2D eigenvalue weighted by Gasteiger charge is 2.62. The van der Waals surface area contributed by atoms with Crippen LogP contribution in [0.2, 0.25) is 0 Å². The molecule has 5 aliphatic rings. The van der Waals surface area contributed by atoms with Gasteiger partial charge in [-0.1, -0.05) is 44.9 Å². The second-order valence-electron chi connectivity index (χ2n) is 18.5. The number of rotatable bonds is 11. The van der Waals surface area contributed by atoms with Crippen molar-refractivity contribution in [1.29, 1.82) is 0 Å². The maximum absolute atomic E-state index is 14.5. The Hall–Kier alpha value is -5.27. The number of aliphatic hydroxyl groups excluding tert-OH is 1. The summed E-state index contributed by atoms with van der Waals surface area (Å²) in [6.45, 7) is 10.1. The van der Waals surface area contributed by atoms with Crippen molar-refractivity contribution in [3.63, 3.8) is 0 Å². The number of methoxy groups -OCH3 is 2. The van der Waals surface area contributed by atoms with Gasteiger partial charge in [0.25, 0.3) is 0 Å². The maximum atomic E-state index is 14.5. The number of likely N-dealkylation sites (tertiary alicyclic amines) is 2. The molecule has 2 aliphatic carbocycles. The van der Waals surface area contributed by atoms with Gasteiger partial charge in [0.2, 0.25) is 18.2 Å². The number of amides is 3. The molecule has 2 aromatic carbocycles. The minimum atomic E-state index is -1.26. The normalized spacial score (nSPS) is 30.0. The first-order valence-corrected chi connectivity index (χ1v) is 22.1. The number of carbonyl (C=O) groups is 3. The molecule has 4 aromatic rings. The number of carbonyl (C=O) groups excluding carboxylic acids is 3. The van der Waals surface area contributed by atoms with Crippen molar-refractivity contribution in [2.45, 2.75) is 122 Å². The molecule has 62 heavy (non-hydrogen) atoms. The summed E-state index contributed by atoms with van der Waals surface area (Å²) in [6, 6.07) is 10.9. The van der Waals surface area contributed by atoms with Crippen molar-refractivity contribution in [3.8, 4) is 23.1 Å². The number of aliphatic hydroxyl groups is 1. The third-order valence-electron chi connectivity index (χ3n) is 14.0. The topological polar surface area (TPSA) is 187 Å². The van der Waals surface area contributed by atoms with Crippen LogP contribution in [0, 0.1) is 41.4 Å². The van der Waals surface area contributed by atoms with Gasteiger partial charge in [0.05, 0.1) is 55.5 Å². The smallest absolute Gasteiger partial charge is 0.407 e. The van der Waals surface area contributed by atoms with Crippen LogP contribution in [0.15, 0.2) is 48.8 Å². The molecule has 328 valence electrons. The van der Waals surface area contributed by atoms with Crippen molar-refractivity contribution < 1.29 is 33.7 Å². The van der Waals surface area contributed by atoms with Crippen LogP contribution in [-0.4, -0.2) is 110 Å². The number of benzene rings is 2. The highest BCUT2D eigenvalue weighted by molar-refractivity contribution is 5.89. The largest absolute Gasteiger partial charge is 0.453 e. The molecule has 3 saturated heterocycles. The lowest BCUT2D eigenvalue weighted by atomic mass is 9.85. The molecule has 0 bridgehead atoms. The zero-order valence-corrected chi connectivity index (χ0v) is 36.4. The zero-order valence-electron chi connectivity index (χ0n) is 36.4. The quantitative estimate of drug-likeness (QED) is 0.0969. The Kier molecular flexibility index (Phi) is 11.4. The number of nitrogens with zero attached hydrogens (tertiary/aromatic N) is 4. The first kappa shape index (κ1) is 42.1. The summed E-state index contributed by atoms with van der Waals surface area (Å²) in [5, 5.41) is 18.4. The number of alkyl carbamates (subject to hydrolysis) is 1. The number of hydrogen-bond donors (Lipinski definition) is 5. The molecule has 0 radical (unpaired) electrons. The molecule has 3 unspecified atom stereocenters. The van der Waals surface area contributed by atoms with Crippen LogP contribution < -0.4 is 10.6 Å². The number of ether oxygens (including phenoxy) is 3. The molecular weight excluding hydrogens is 789 g/mol. The molecule has 0 spiro atoms. The van der Waals surface area contributed by atoms with Gasteiger partial charge >= 0.3 is 6.09 Å². The van der Waals surface area contributed by atoms with Gasteiger partial charge in [0.15, 0.2) is 0 Å². The van der Waals surface area contributed by atoms with Gasteiger partial charge in [-0.25, -0.2) is 14.8 Å². The van der Waals surface area contributed by atoms with Gasteiger partial charge in [-0.3, -0.25) is 14.9 Å². The lowest BCUT2D eigenvalue weighted by Crippen LogP contribution is -2.56. The summed E-state index contributed by atoms with van der Waals surface area (Å²) < 4.78 is 16.0. The fraction of sp³-hybridized carbons (Fsp3) is 0.553. The minimum absolute atomic E-state index is 0.00759. The number of hydrogen-bond acceptors (Lipinski definition) is 10. The summed E-state index contributed by atoms with van der Waals surface area (Å²) in [4.78, 5) is 60.8. The monoisotopic (exact) mass is 846 g/mol. The van der Waals surface area contributed by atoms with Gasteiger partial charge in [0, 0.05) is 30.3 Å². The van der Waals surface area contributed by atoms with Crippen LogP contribution >= 0.6 is 0 Å². The van der Waals surface area contributed by atoms with Gasteiger partial charge in [-0.05, 0) is 110 Å². The molecule has 15 nitrogen and oxygen atoms in total. The highest BCUT2D eigenvalue weighted by Crippen LogP contribution is 2.58. The Balaban J connectivity index is 0.887. The van der Waals surface area contributed by atoms with E-state index in [1.165, 1.54) is 14.2 Å². The fourth-order valence-corrected chi connectivity index (χ4v) is 10.7. The number of piperidine rings is 2. The SMILES string of the molecule is COC(=O)N[C@H](C(=O)N1[C@@H]2C[C@@H]2C[C@H]1c1ncc(-c2ccc3cc(C#Cc4cnc([C@@H]5C[C@H]6[C@@H](C)[C@H]6N5C(=O)C(NC(O)OC)C5C[C@@H](C)O[C@@H](C)C5)[nH]4)ccc3c2)[nH]1)C(C)C. The summed E-state index contributed by atoms with van der Waals surface area (Å²) in [5.41, 5.74) is 3.37. The summed E-state index contributed by atoms with van der Waals surface area (Å²) in [6.07, 6.45) is 5.74. The number of imidazole rings is 2. The van der Waals surface area contributed by atoms with Gasteiger partial charge in [-0.15, -0.1) is 0 Å². The predicted molar refractivity (Wildman–Crippen MR) is 230 cm³/mol. The van der Waals surface area contributed by atoms with E-state index >= 15 is 0 Å². The van der Waals surface area contributed by atoms with Gasteiger partial charge in [0.1, 0.15) is 23.4 Å². The Morgan fingerprint density at radius 1 is 0.871 bits per heavy atom. The summed E-state index contributed by atoms with van der Waals surface area (Å²) >= 11 is 0. The van der Waals surface area contributed by atoms with Crippen molar-refractivity contribution in [1.82, 2.24) is 40.4 Å². The predicted octanol–water partition coefficient (Wildman–Crippen LogP) is 5.39. The number of fused-ring (bicyclic) bond motifs is 3. The molecule has 5 heterocycles. The second-order valence-corrected chi connectivity index (χ2v) is 18.5. The molecule has 2 saturated carbocycles. The van der Waals surface area contributed by atoms with E-state index in [-0.39, 0.29) is 60.0 Å². The third-order valence-corrected chi connectivity index (χ3v) is 14.0. The summed E-state index contributed by atoms with van der Waals surface area (Å²) in [7, 11) is 2.72. The maximum Gasteiger partial charge on any atom is 0.407 e. The highest BCUT2D eigenvalue weighted by atomic mass is 16.6. The fourth-order valence-electron chi connectivity index (χ4n) is 10.7. The lowest BCUT2D eigenvalue weighted by Gasteiger charge is -2.40. The van der Waals surface area contributed by atoms with Crippen LogP contribution in [0.3, 0.4) is 0 Å². The molecule has 15 heteroatoms. The second kappa shape index (κ2) is 16.8. The van der Waals surface area contributed by atoms with E-state index in [4.69, 9.17) is 24.2 Å². The van der Waals surface area contributed by atoms with Crippen LogP contribution in [-0.2, 0) is 23.8 Å². The summed E-state index contributed by atoms with van der Waals surface area (Å²) in [5.74, 6) is 8.98. The lowest BCUT2D eigenvalue weighted by molar-refractivity contribution is -0.151. The Bertz CT molecular complexity index is 2390. The molecule has 9 rings (SSSR count). The molecule has 5 N–H and O–H groups in total. The first-order valence-electron chi connectivity index (χ1n) is 22.1. The van der Waals surface area contributed by atoms with Crippen LogP contribution in [0.5, 0.6) is 0 Å². The van der Waals surface area contributed by atoms with Crippen molar-refractivity contribution in [3.05, 3.63) is 71.7 Å². The number of nitrogens with one attached hydrogen (secondary N) is 4. The number of H-pyrrole nitrogens is 2. The van der Waals surface area contributed by atoms with E-state index in [1.807, 2.05) is 49.8 Å². The average Bonchev–Trinajstić information content (AvgIpc) is 3.73. The van der Waals surface area contributed by atoms with E-state index in [9.17, 15) is 19.5 Å². The van der Waals surface area contributed by atoms with E-state index in [2.05, 4.69) is 69.7 Å². The molecule has 5 fully saturated rings. The van der Waals surface area contributed by atoms with Gasteiger partial charge in [-0.2, -0.15) is 0 Å². The van der Waals surface area contributed by atoms with Crippen molar-refractivity contribution in [2.75, 3.05) is 14.2 Å². The van der Waals surface area contributed by atoms with Crippen LogP contribution in [0.25, 0.3) is 22.0 Å². The van der Waals surface area contributed by atoms with E-state index in [0.717, 1.165) is 52.7 Å². The Morgan fingerprint density at radius 3 is 2.32 bits per heavy atom. The first-order chi connectivity index (χ1) is 29.8. The number of aromatic amines is 2.